The lowest BCUT2D eigenvalue weighted by atomic mass is 9.69. The van der Waals surface area contributed by atoms with Crippen molar-refractivity contribution in [1.82, 2.24) is 0 Å². The summed E-state index contributed by atoms with van der Waals surface area (Å²) in [5.41, 5.74) is 1.55. The van der Waals surface area contributed by atoms with Crippen molar-refractivity contribution in [1.29, 1.82) is 0 Å². The highest BCUT2D eigenvalue weighted by molar-refractivity contribution is 5.21. The smallest absolute Gasteiger partial charge is 0.0111 e. The van der Waals surface area contributed by atoms with Gasteiger partial charge in [0.2, 0.25) is 0 Å². The van der Waals surface area contributed by atoms with Crippen molar-refractivity contribution < 1.29 is 0 Å². The highest BCUT2D eigenvalue weighted by Gasteiger charge is 2.30. The van der Waals surface area contributed by atoms with Gasteiger partial charge < -0.3 is 0 Å². The first-order valence-electron chi connectivity index (χ1n) is 5.84. The van der Waals surface area contributed by atoms with Crippen molar-refractivity contribution in [3.63, 3.8) is 0 Å². The average molecular weight is 188 g/mol. The Balaban J connectivity index is 2.18. The quantitative estimate of drug-likeness (QED) is 0.666. The molecule has 0 heterocycles. The van der Waals surface area contributed by atoms with Gasteiger partial charge in [0.25, 0.3) is 0 Å². The maximum atomic E-state index is 2.36. The van der Waals surface area contributed by atoms with Gasteiger partial charge in [-0.05, 0) is 36.2 Å². The van der Waals surface area contributed by atoms with E-state index in [1.54, 1.807) is 5.56 Å². The van der Waals surface area contributed by atoms with Gasteiger partial charge in [0.05, 0.1) is 0 Å². The van der Waals surface area contributed by atoms with Crippen molar-refractivity contribution >= 4 is 0 Å². The number of hydrogen-bond acceptors (Lipinski definition) is 0. The van der Waals surface area contributed by atoms with Crippen LogP contribution in [-0.4, -0.2) is 0 Å². The van der Waals surface area contributed by atoms with Crippen LogP contribution in [0.15, 0.2) is 30.3 Å². The molecule has 0 spiro atoms. The largest absolute Gasteiger partial charge is 0.0622 e. The van der Waals surface area contributed by atoms with Crippen LogP contribution in [0.1, 0.15) is 44.6 Å². The van der Waals surface area contributed by atoms with Gasteiger partial charge >= 0.3 is 0 Å². The molecule has 1 saturated carbocycles. The van der Waals surface area contributed by atoms with E-state index in [0.717, 1.165) is 17.8 Å². The maximum absolute atomic E-state index is 2.36. The zero-order valence-electron chi connectivity index (χ0n) is 9.24. The number of rotatable bonds is 3. The first-order chi connectivity index (χ1) is 6.79. The summed E-state index contributed by atoms with van der Waals surface area (Å²) in [4.78, 5) is 0. The summed E-state index contributed by atoms with van der Waals surface area (Å²) in [5, 5.41) is 0. The van der Waals surface area contributed by atoms with Gasteiger partial charge in [-0.15, -0.1) is 0 Å². The minimum Gasteiger partial charge on any atom is -0.0622 e. The molecule has 0 aromatic heterocycles. The predicted molar refractivity (Wildman–Crippen MR) is 61.4 cm³/mol. The second-order valence-electron chi connectivity index (χ2n) is 4.87. The molecule has 1 aromatic carbocycles. The molecule has 0 nitrogen and oxygen atoms in total. The fourth-order valence-electron chi connectivity index (χ4n) is 2.68. The molecule has 2 rings (SSSR count). The Hall–Kier alpha value is -0.780. The predicted octanol–water partition coefficient (Wildman–Crippen LogP) is 4.23. The monoisotopic (exact) mass is 188 g/mol. The third-order valence-corrected chi connectivity index (χ3v) is 3.56. The Morgan fingerprint density at radius 2 is 1.71 bits per heavy atom. The zero-order valence-corrected chi connectivity index (χ0v) is 9.24. The van der Waals surface area contributed by atoms with Crippen LogP contribution in [0.3, 0.4) is 0 Å². The molecule has 0 bridgehead atoms. The van der Waals surface area contributed by atoms with Crippen LogP contribution in [0.4, 0.5) is 0 Å². The van der Waals surface area contributed by atoms with Crippen LogP contribution in [0.2, 0.25) is 0 Å². The minimum absolute atomic E-state index is 0.780. The van der Waals surface area contributed by atoms with Gasteiger partial charge in [-0.1, -0.05) is 50.6 Å². The molecule has 1 fully saturated rings. The molecule has 0 N–H and O–H groups in total. The Labute approximate surface area is 87.3 Å². The molecule has 76 valence electrons. The van der Waals surface area contributed by atoms with Gasteiger partial charge in [-0.3, -0.25) is 0 Å². The van der Waals surface area contributed by atoms with E-state index in [1.807, 2.05) is 0 Å². The molecular formula is C14H20. The van der Waals surface area contributed by atoms with Gasteiger partial charge in [0.15, 0.2) is 0 Å². The summed E-state index contributed by atoms with van der Waals surface area (Å²) < 4.78 is 0. The highest BCUT2D eigenvalue weighted by atomic mass is 14.3. The SMILES string of the molecule is CC(C)C(c1ccccc1)C1CCC1. The second kappa shape index (κ2) is 4.16. The summed E-state index contributed by atoms with van der Waals surface area (Å²) in [6, 6.07) is 11.0. The maximum Gasteiger partial charge on any atom is -0.0111 e. The Morgan fingerprint density at radius 1 is 1.07 bits per heavy atom. The first kappa shape index (κ1) is 9.76. The van der Waals surface area contributed by atoms with Crippen molar-refractivity contribution in [3.8, 4) is 0 Å². The van der Waals surface area contributed by atoms with E-state index in [9.17, 15) is 0 Å². The summed E-state index contributed by atoms with van der Waals surface area (Å²) in [6.45, 7) is 4.71. The topological polar surface area (TPSA) is 0 Å². The molecule has 0 amide bonds. The molecular weight excluding hydrogens is 168 g/mol. The average Bonchev–Trinajstić information content (AvgIpc) is 2.12. The van der Waals surface area contributed by atoms with E-state index in [4.69, 9.17) is 0 Å². The van der Waals surface area contributed by atoms with Gasteiger partial charge in [0, 0.05) is 0 Å². The normalized spacial score (nSPS) is 19.4. The molecule has 0 saturated heterocycles. The minimum atomic E-state index is 0.780. The third-order valence-electron chi connectivity index (χ3n) is 3.56. The second-order valence-corrected chi connectivity index (χ2v) is 4.87. The standard InChI is InChI=1S/C14H20/c1-11(2)14(13-9-6-10-13)12-7-4-3-5-8-12/h3-5,7-8,11,13-14H,6,9-10H2,1-2H3. The van der Waals surface area contributed by atoms with Crippen LogP contribution in [0.5, 0.6) is 0 Å². The van der Waals surface area contributed by atoms with Crippen molar-refractivity contribution in [2.75, 3.05) is 0 Å². The van der Waals surface area contributed by atoms with Crippen molar-refractivity contribution in [2.24, 2.45) is 11.8 Å². The van der Waals surface area contributed by atoms with E-state index in [2.05, 4.69) is 44.2 Å². The molecule has 1 unspecified atom stereocenters. The Kier molecular flexibility index (Phi) is 2.90. The van der Waals surface area contributed by atoms with Crippen LogP contribution in [0.25, 0.3) is 0 Å². The molecule has 0 aliphatic heterocycles. The molecule has 1 aliphatic carbocycles. The van der Waals surface area contributed by atoms with Crippen molar-refractivity contribution in [3.05, 3.63) is 35.9 Å². The van der Waals surface area contributed by atoms with Gasteiger partial charge in [-0.2, -0.15) is 0 Å². The Bertz CT molecular complexity index is 269. The van der Waals surface area contributed by atoms with Gasteiger partial charge in [0.1, 0.15) is 0 Å². The third kappa shape index (κ3) is 1.84. The molecule has 14 heavy (non-hydrogen) atoms. The number of hydrogen-bond donors (Lipinski definition) is 0. The van der Waals surface area contributed by atoms with E-state index in [-0.39, 0.29) is 0 Å². The van der Waals surface area contributed by atoms with Gasteiger partial charge in [-0.25, -0.2) is 0 Å². The molecule has 1 aliphatic rings. The van der Waals surface area contributed by atoms with E-state index in [1.165, 1.54) is 19.3 Å². The molecule has 0 radical (unpaired) electrons. The Morgan fingerprint density at radius 3 is 2.14 bits per heavy atom. The van der Waals surface area contributed by atoms with E-state index < -0.39 is 0 Å². The van der Waals surface area contributed by atoms with Crippen LogP contribution < -0.4 is 0 Å². The zero-order chi connectivity index (χ0) is 9.97. The van der Waals surface area contributed by atoms with Crippen LogP contribution in [0, 0.1) is 11.8 Å². The van der Waals surface area contributed by atoms with Crippen LogP contribution >= 0.6 is 0 Å². The summed E-state index contributed by atoms with van der Waals surface area (Å²) in [6.07, 6.45) is 4.33. The summed E-state index contributed by atoms with van der Waals surface area (Å²) in [5.74, 6) is 2.53. The lowest BCUT2D eigenvalue weighted by Gasteiger charge is -2.36. The first-order valence-corrected chi connectivity index (χ1v) is 5.84. The lowest BCUT2D eigenvalue weighted by Crippen LogP contribution is -2.24. The highest BCUT2D eigenvalue weighted by Crippen LogP contribution is 2.43. The molecule has 0 heteroatoms. The van der Waals surface area contributed by atoms with E-state index in [0.29, 0.717) is 0 Å². The van der Waals surface area contributed by atoms with Crippen molar-refractivity contribution in [2.45, 2.75) is 39.0 Å². The van der Waals surface area contributed by atoms with Crippen LogP contribution in [-0.2, 0) is 0 Å². The molecule has 1 atom stereocenters. The number of benzene rings is 1. The fourth-order valence-corrected chi connectivity index (χ4v) is 2.68. The summed E-state index contributed by atoms with van der Waals surface area (Å²) in [7, 11) is 0. The van der Waals surface area contributed by atoms with E-state index >= 15 is 0 Å². The fraction of sp³-hybridized carbons (Fsp3) is 0.571. The molecule has 1 aromatic rings. The lowest BCUT2D eigenvalue weighted by molar-refractivity contribution is 0.221. The summed E-state index contributed by atoms with van der Waals surface area (Å²) >= 11 is 0.